The molecule has 2 aromatic carbocycles. The van der Waals surface area contributed by atoms with E-state index in [2.05, 4.69) is 17.4 Å². The Bertz CT molecular complexity index is 1470. The lowest BCUT2D eigenvalue weighted by molar-refractivity contribution is 0.256. The molecule has 184 valence electrons. The number of rotatable bonds is 7. The molecule has 0 fully saturated rings. The van der Waals surface area contributed by atoms with Gasteiger partial charge in [0, 0.05) is 17.0 Å². The summed E-state index contributed by atoms with van der Waals surface area (Å²) in [7, 11) is -2.54. The number of thiophene rings is 2. The van der Waals surface area contributed by atoms with E-state index in [4.69, 9.17) is 9.84 Å². The van der Waals surface area contributed by atoms with Crippen LogP contribution in [-0.2, 0) is 10.0 Å². The van der Waals surface area contributed by atoms with Crippen molar-refractivity contribution in [2.24, 2.45) is 5.10 Å². The fraction of sp³-hybridized carbons (Fsp3) is 0.120. The lowest BCUT2D eigenvalue weighted by Gasteiger charge is -2.23. The number of anilines is 2. The molecule has 0 saturated heterocycles. The van der Waals surface area contributed by atoms with Crippen LogP contribution in [0.15, 0.2) is 93.6 Å². The van der Waals surface area contributed by atoms with Crippen molar-refractivity contribution in [2.75, 3.05) is 17.4 Å². The van der Waals surface area contributed by atoms with Crippen LogP contribution in [0.5, 0.6) is 5.75 Å². The molecule has 5 rings (SSSR count). The second-order valence-corrected chi connectivity index (χ2v) is 11.5. The van der Waals surface area contributed by atoms with Crippen molar-refractivity contribution in [1.29, 1.82) is 0 Å². The number of carbonyl (C=O) groups is 1. The van der Waals surface area contributed by atoms with Crippen LogP contribution in [0.2, 0.25) is 0 Å². The molecule has 8 nitrogen and oxygen atoms in total. The first-order valence-corrected chi connectivity index (χ1v) is 14.2. The molecule has 0 spiro atoms. The number of benzene rings is 2. The molecular formula is C25H22N4O4S3. The monoisotopic (exact) mass is 538 g/mol. The van der Waals surface area contributed by atoms with Crippen molar-refractivity contribution in [3.05, 3.63) is 93.3 Å². The fourth-order valence-electron chi connectivity index (χ4n) is 3.83. The van der Waals surface area contributed by atoms with E-state index >= 15 is 0 Å². The van der Waals surface area contributed by atoms with E-state index in [-0.39, 0.29) is 10.9 Å². The summed E-state index contributed by atoms with van der Waals surface area (Å²) in [6, 6.07) is 20.2. The van der Waals surface area contributed by atoms with Gasteiger partial charge in [0.05, 0.1) is 34.3 Å². The lowest BCUT2D eigenvalue weighted by Crippen LogP contribution is -2.34. The third kappa shape index (κ3) is 5.13. The molecule has 0 radical (unpaired) electrons. The van der Waals surface area contributed by atoms with Gasteiger partial charge in [0.1, 0.15) is 5.75 Å². The summed E-state index contributed by atoms with van der Waals surface area (Å²) in [6.07, 6.45) is 0.758. The Kier molecular flexibility index (Phi) is 6.77. The van der Waals surface area contributed by atoms with Gasteiger partial charge in [-0.1, -0.05) is 12.1 Å². The van der Waals surface area contributed by atoms with E-state index < -0.39 is 16.1 Å². The average Bonchev–Trinajstić information content (AvgIpc) is 3.66. The number of nitrogens with zero attached hydrogens (tertiary/aromatic N) is 2. The first-order valence-electron chi connectivity index (χ1n) is 10.9. The van der Waals surface area contributed by atoms with Crippen LogP contribution in [0.4, 0.5) is 16.2 Å². The van der Waals surface area contributed by atoms with E-state index in [0.29, 0.717) is 11.4 Å². The molecule has 36 heavy (non-hydrogen) atoms. The van der Waals surface area contributed by atoms with Gasteiger partial charge in [0.2, 0.25) is 0 Å². The molecule has 1 aliphatic rings. The topological polar surface area (TPSA) is 100 Å². The fourth-order valence-corrected chi connectivity index (χ4v) is 6.27. The van der Waals surface area contributed by atoms with E-state index in [1.54, 1.807) is 59.1 Å². The first kappa shape index (κ1) is 24.0. The Balaban J connectivity index is 1.33. The number of carbonyl (C=O) groups excluding carboxylic acids is 1. The minimum Gasteiger partial charge on any atom is -0.497 e. The zero-order chi connectivity index (χ0) is 25.1. The largest absolute Gasteiger partial charge is 0.497 e. The Morgan fingerprint density at radius 2 is 1.72 bits per heavy atom. The maximum atomic E-state index is 12.8. The number of hydrogen-bond acceptors (Lipinski definition) is 8. The van der Waals surface area contributed by atoms with Crippen molar-refractivity contribution in [3.63, 3.8) is 0 Å². The Morgan fingerprint density at radius 1 is 1.00 bits per heavy atom. The number of amides is 2. The Hall–Kier alpha value is -3.67. The molecule has 0 bridgehead atoms. The minimum atomic E-state index is -4.07. The zero-order valence-corrected chi connectivity index (χ0v) is 21.6. The summed E-state index contributed by atoms with van der Waals surface area (Å²) >= 11 is 3.31. The number of sulfonamides is 1. The van der Waals surface area contributed by atoms with Gasteiger partial charge >= 0.3 is 6.03 Å². The highest BCUT2D eigenvalue weighted by molar-refractivity contribution is 7.90. The second kappa shape index (κ2) is 10.1. The van der Waals surface area contributed by atoms with Gasteiger partial charge in [-0.25, -0.2) is 17.9 Å². The molecule has 1 aliphatic heterocycles. The Labute approximate surface area is 216 Å². The maximum Gasteiger partial charge on any atom is 0.333 e. The van der Waals surface area contributed by atoms with Crippen molar-refractivity contribution in [3.8, 4) is 5.75 Å². The summed E-state index contributed by atoms with van der Waals surface area (Å²) in [6.45, 7) is 0. The highest BCUT2D eigenvalue weighted by Gasteiger charge is 2.31. The summed E-state index contributed by atoms with van der Waals surface area (Å²) in [5.74, 6) is 0.625. The molecule has 2 N–H and O–H groups in total. The van der Waals surface area contributed by atoms with Crippen molar-refractivity contribution < 1.29 is 17.9 Å². The molecule has 1 atom stereocenters. The third-order valence-corrected chi connectivity index (χ3v) is 8.81. The van der Waals surface area contributed by atoms with Gasteiger partial charge in [-0.3, -0.25) is 5.01 Å². The molecule has 2 aromatic heterocycles. The van der Waals surface area contributed by atoms with Crippen LogP contribution in [0.3, 0.4) is 0 Å². The predicted octanol–water partition coefficient (Wildman–Crippen LogP) is 5.68. The minimum absolute atomic E-state index is 0.0227. The number of methoxy groups -OCH3 is 1. The quantitative estimate of drug-likeness (QED) is 0.315. The van der Waals surface area contributed by atoms with E-state index in [0.717, 1.165) is 22.7 Å². The summed E-state index contributed by atoms with van der Waals surface area (Å²) in [4.78, 5) is 14.6. The number of ether oxygens (including phenoxy) is 1. The van der Waals surface area contributed by atoms with Crippen LogP contribution in [0.25, 0.3) is 0 Å². The molecule has 11 heteroatoms. The van der Waals surface area contributed by atoms with Crippen LogP contribution >= 0.6 is 22.7 Å². The molecule has 0 aliphatic carbocycles. The van der Waals surface area contributed by atoms with Gasteiger partial charge in [0.15, 0.2) is 0 Å². The smallest absolute Gasteiger partial charge is 0.333 e. The second-order valence-electron chi connectivity index (χ2n) is 7.89. The Morgan fingerprint density at radius 3 is 2.36 bits per heavy atom. The molecular weight excluding hydrogens is 517 g/mol. The van der Waals surface area contributed by atoms with Gasteiger partial charge in [0.25, 0.3) is 10.0 Å². The maximum absolute atomic E-state index is 12.8. The molecule has 3 heterocycles. The van der Waals surface area contributed by atoms with Crippen LogP contribution in [-0.4, -0.2) is 27.3 Å². The number of nitrogens with one attached hydrogen (secondary N) is 2. The normalized spacial score (nSPS) is 15.4. The highest BCUT2D eigenvalue weighted by atomic mass is 32.2. The van der Waals surface area contributed by atoms with Gasteiger partial charge in [-0.15, -0.1) is 22.7 Å². The van der Waals surface area contributed by atoms with Crippen LogP contribution < -0.4 is 19.8 Å². The lowest BCUT2D eigenvalue weighted by atomic mass is 10.1. The molecule has 4 aromatic rings. The standard InChI is InChI=1S/C25H22N4O4S3/c1-33-19-10-6-17(7-11-19)26-25(30)28-36(31,32)20-12-8-18(9-13-20)29-22(24-5-3-15-35-24)16-21(27-29)23-4-2-14-34-23/h2-15,22H,16H2,1H3,(H2,26,28,30). The molecule has 0 saturated carbocycles. The van der Waals surface area contributed by atoms with E-state index in [1.807, 2.05) is 32.6 Å². The zero-order valence-electron chi connectivity index (χ0n) is 19.1. The van der Waals surface area contributed by atoms with Gasteiger partial charge in [-0.05, 0) is 71.4 Å². The predicted molar refractivity (Wildman–Crippen MR) is 144 cm³/mol. The van der Waals surface area contributed by atoms with E-state index in [9.17, 15) is 13.2 Å². The number of urea groups is 1. The van der Waals surface area contributed by atoms with Crippen molar-refractivity contribution in [1.82, 2.24) is 4.72 Å². The third-order valence-electron chi connectivity index (χ3n) is 5.57. The highest BCUT2D eigenvalue weighted by Crippen LogP contribution is 2.39. The van der Waals surface area contributed by atoms with Crippen LogP contribution in [0, 0.1) is 0 Å². The molecule has 1 unspecified atom stereocenters. The molecule has 2 amide bonds. The first-order chi connectivity index (χ1) is 17.4. The van der Waals surface area contributed by atoms with Gasteiger partial charge in [-0.2, -0.15) is 5.10 Å². The van der Waals surface area contributed by atoms with Crippen molar-refractivity contribution >= 4 is 55.8 Å². The average molecular weight is 539 g/mol. The number of hydrazone groups is 1. The summed E-state index contributed by atoms with van der Waals surface area (Å²) < 4.78 is 32.7. The van der Waals surface area contributed by atoms with Crippen molar-refractivity contribution in [2.45, 2.75) is 17.4 Å². The van der Waals surface area contributed by atoms with Crippen LogP contribution in [0.1, 0.15) is 22.2 Å². The van der Waals surface area contributed by atoms with E-state index in [1.165, 1.54) is 24.1 Å². The number of hydrogen-bond donors (Lipinski definition) is 2. The summed E-state index contributed by atoms with van der Waals surface area (Å²) in [5.41, 5.74) is 2.20. The summed E-state index contributed by atoms with van der Waals surface area (Å²) in [5, 5.41) is 13.4. The van der Waals surface area contributed by atoms with Gasteiger partial charge < -0.3 is 10.1 Å². The SMILES string of the molecule is COc1ccc(NC(=O)NS(=O)(=O)c2ccc(N3N=C(c4cccs4)CC3c3cccs3)cc2)cc1.